The first-order valence-electron chi connectivity index (χ1n) is 10.9. The number of nitrogens with zero attached hydrogens (tertiary/aromatic N) is 3. The number of hydrogen-bond donors (Lipinski definition) is 2. The van der Waals surface area contributed by atoms with Crippen molar-refractivity contribution in [3.63, 3.8) is 0 Å². The van der Waals surface area contributed by atoms with Crippen LogP contribution >= 0.6 is 23.4 Å². The number of carbonyl (C=O) groups is 1. The number of anilines is 1. The van der Waals surface area contributed by atoms with Crippen molar-refractivity contribution in [2.24, 2.45) is 0 Å². The van der Waals surface area contributed by atoms with Crippen LogP contribution in [0.25, 0.3) is 0 Å². The van der Waals surface area contributed by atoms with Gasteiger partial charge in [0.05, 0.1) is 24.2 Å². The van der Waals surface area contributed by atoms with Crippen molar-refractivity contribution in [2.75, 3.05) is 31.2 Å². The highest BCUT2D eigenvalue weighted by atomic mass is 35.5. The molecule has 1 aliphatic rings. The van der Waals surface area contributed by atoms with Crippen LogP contribution < -0.4 is 16.2 Å². The smallest absolute Gasteiger partial charge is 0.369 e. The summed E-state index contributed by atoms with van der Waals surface area (Å²) < 4.78 is 67.9. The summed E-state index contributed by atoms with van der Waals surface area (Å²) in [4.78, 5) is 30.8. The van der Waals surface area contributed by atoms with Gasteiger partial charge in [0.25, 0.3) is 5.56 Å². The average molecular weight is 564 g/mol. The zero-order valence-corrected chi connectivity index (χ0v) is 21.1. The van der Waals surface area contributed by atoms with E-state index in [1.54, 1.807) is 24.3 Å². The molecule has 1 aromatic carbocycles. The molecule has 37 heavy (non-hydrogen) atoms. The number of benzene rings is 1. The number of amides is 1. The van der Waals surface area contributed by atoms with E-state index in [1.165, 1.54) is 30.2 Å². The molecule has 14 heteroatoms. The fraction of sp³-hybridized carbons (Fsp3) is 0.348. The van der Waals surface area contributed by atoms with Crippen LogP contribution in [0.2, 0.25) is 5.15 Å². The summed E-state index contributed by atoms with van der Waals surface area (Å²) in [6, 6.07) is 6.28. The molecule has 3 rings (SSSR count). The first-order chi connectivity index (χ1) is 17.4. The van der Waals surface area contributed by atoms with Gasteiger partial charge in [-0.3, -0.25) is 14.2 Å². The highest BCUT2D eigenvalue weighted by Gasteiger charge is 2.37. The number of carbonyl (C=O) groups excluding carboxylic acids is 1. The second-order valence-corrected chi connectivity index (χ2v) is 9.43. The van der Waals surface area contributed by atoms with E-state index in [4.69, 9.17) is 11.6 Å². The normalized spacial score (nSPS) is 13.9. The highest BCUT2D eigenvalue weighted by molar-refractivity contribution is 7.99. The third kappa shape index (κ3) is 7.96. The van der Waals surface area contributed by atoms with E-state index in [2.05, 4.69) is 15.6 Å². The number of alkyl halides is 5. The van der Waals surface area contributed by atoms with Crippen molar-refractivity contribution < 1.29 is 26.7 Å². The molecule has 0 spiro atoms. The maximum Gasteiger partial charge on any atom is 0.398 e. The van der Waals surface area contributed by atoms with Crippen molar-refractivity contribution in [2.45, 2.75) is 30.1 Å². The SMILES string of the molecule is CN1CC=CC=C1C(F)(F)CNc1ncc(Cl)n(CC(=O)NCc2ccccc2SCC(F)(F)F)c1=O. The van der Waals surface area contributed by atoms with Gasteiger partial charge in [-0.1, -0.05) is 42.0 Å². The first kappa shape index (κ1) is 28.5. The average Bonchev–Trinajstić information content (AvgIpc) is 2.83. The zero-order valence-electron chi connectivity index (χ0n) is 19.5. The monoisotopic (exact) mass is 563 g/mol. The fourth-order valence-electron chi connectivity index (χ4n) is 3.37. The van der Waals surface area contributed by atoms with E-state index in [1.807, 2.05) is 0 Å². The van der Waals surface area contributed by atoms with Crippen molar-refractivity contribution in [1.82, 2.24) is 19.8 Å². The Hall–Kier alpha value is -3.06. The van der Waals surface area contributed by atoms with Crippen LogP contribution in [0.3, 0.4) is 0 Å². The van der Waals surface area contributed by atoms with Gasteiger partial charge in [-0.2, -0.15) is 22.0 Å². The van der Waals surface area contributed by atoms with Gasteiger partial charge in [-0.25, -0.2) is 4.98 Å². The lowest BCUT2D eigenvalue weighted by atomic mass is 10.1. The van der Waals surface area contributed by atoms with E-state index in [0.717, 1.165) is 10.8 Å². The summed E-state index contributed by atoms with van der Waals surface area (Å²) in [5, 5.41) is 4.67. The number of allylic oxidation sites excluding steroid dienone is 2. The number of likely N-dealkylation sites (N-methyl/N-ethyl adjacent to an activating group) is 1. The Bertz CT molecular complexity index is 1250. The molecule has 2 heterocycles. The highest BCUT2D eigenvalue weighted by Crippen LogP contribution is 2.30. The lowest BCUT2D eigenvalue weighted by Crippen LogP contribution is -2.40. The Kier molecular flexibility index (Phi) is 9.24. The van der Waals surface area contributed by atoms with Gasteiger partial charge in [0.15, 0.2) is 5.82 Å². The Morgan fingerprint density at radius 1 is 1.22 bits per heavy atom. The third-order valence-electron chi connectivity index (χ3n) is 5.18. The minimum absolute atomic E-state index is 0.0915. The number of nitrogens with one attached hydrogen (secondary N) is 2. The summed E-state index contributed by atoms with van der Waals surface area (Å²) >= 11 is 6.61. The molecule has 0 saturated heterocycles. The van der Waals surface area contributed by atoms with Crippen LogP contribution in [-0.4, -0.2) is 58.3 Å². The summed E-state index contributed by atoms with van der Waals surface area (Å²) in [6.45, 7) is -1.25. The van der Waals surface area contributed by atoms with Crippen LogP contribution in [0.15, 0.2) is 64.1 Å². The molecule has 200 valence electrons. The molecule has 0 bridgehead atoms. The fourth-order valence-corrected chi connectivity index (χ4v) is 4.37. The standard InChI is InChI=1S/C23H23ClF5N5O2S/c1-33-9-5-4-8-17(33)22(25,26)13-32-20-21(36)34(18(24)11-31-20)12-19(35)30-10-15-6-2-3-7-16(15)37-14-23(27,28)29/h2-8,11H,9-10,12-14H2,1H3,(H,30,35)(H,31,32). The van der Waals surface area contributed by atoms with Gasteiger partial charge in [0.1, 0.15) is 11.7 Å². The summed E-state index contributed by atoms with van der Waals surface area (Å²) in [7, 11) is 1.52. The van der Waals surface area contributed by atoms with Crippen LogP contribution in [0.1, 0.15) is 5.56 Å². The lowest BCUT2D eigenvalue weighted by molar-refractivity contribution is -0.121. The van der Waals surface area contributed by atoms with Gasteiger partial charge in [0.2, 0.25) is 5.91 Å². The van der Waals surface area contributed by atoms with Crippen LogP contribution in [-0.2, 0) is 17.9 Å². The topological polar surface area (TPSA) is 79.3 Å². The lowest BCUT2D eigenvalue weighted by Gasteiger charge is -2.30. The minimum Gasteiger partial charge on any atom is -0.369 e. The Balaban J connectivity index is 1.65. The molecule has 2 N–H and O–H groups in total. The number of aromatic nitrogens is 2. The third-order valence-corrected chi connectivity index (χ3v) is 6.66. The van der Waals surface area contributed by atoms with E-state index >= 15 is 0 Å². The quantitative estimate of drug-likeness (QED) is 0.332. The first-order valence-corrected chi connectivity index (χ1v) is 12.2. The van der Waals surface area contributed by atoms with Gasteiger partial charge in [-0.15, -0.1) is 11.8 Å². The van der Waals surface area contributed by atoms with Gasteiger partial charge >= 0.3 is 12.1 Å². The molecule has 0 fully saturated rings. The summed E-state index contributed by atoms with van der Waals surface area (Å²) in [5.41, 5.74) is -0.657. The van der Waals surface area contributed by atoms with Crippen molar-refractivity contribution in [3.8, 4) is 0 Å². The van der Waals surface area contributed by atoms with E-state index in [-0.39, 0.29) is 17.4 Å². The predicted octanol–water partition coefficient (Wildman–Crippen LogP) is 4.30. The molecule has 1 aromatic heterocycles. The number of hydrogen-bond acceptors (Lipinski definition) is 6. The molecule has 0 radical (unpaired) electrons. The van der Waals surface area contributed by atoms with Crippen molar-refractivity contribution in [3.05, 3.63) is 75.5 Å². The maximum absolute atomic E-state index is 14.7. The molecular formula is C23H23ClF5N5O2S. The molecule has 0 saturated carbocycles. The number of rotatable bonds is 10. The summed E-state index contributed by atoms with van der Waals surface area (Å²) in [6.07, 6.45) is 1.22. The van der Waals surface area contributed by atoms with Crippen molar-refractivity contribution >= 4 is 35.1 Å². The Morgan fingerprint density at radius 2 is 1.95 bits per heavy atom. The van der Waals surface area contributed by atoms with Crippen molar-refractivity contribution in [1.29, 1.82) is 0 Å². The maximum atomic E-state index is 14.7. The van der Waals surface area contributed by atoms with Crippen LogP contribution in [0, 0.1) is 0 Å². The second kappa shape index (κ2) is 12.0. The molecule has 0 unspecified atom stereocenters. The Morgan fingerprint density at radius 3 is 2.65 bits per heavy atom. The molecule has 1 aliphatic heterocycles. The molecule has 1 amide bonds. The van der Waals surface area contributed by atoms with Gasteiger partial charge in [0, 0.05) is 25.0 Å². The van der Waals surface area contributed by atoms with Gasteiger partial charge < -0.3 is 15.5 Å². The molecule has 0 atom stereocenters. The molecular weight excluding hydrogens is 541 g/mol. The predicted molar refractivity (Wildman–Crippen MR) is 132 cm³/mol. The summed E-state index contributed by atoms with van der Waals surface area (Å²) in [5.74, 6) is -5.48. The Labute approximate surface area is 218 Å². The molecule has 0 aliphatic carbocycles. The molecule has 7 nitrogen and oxygen atoms in total. The van der Waals surface area contributed by atoms with Gasteiger partial charge in [-0.05, 0) is 17.7 Å². The van der Waals surface area contributed by atoms with E-state index < -0.39 is 48.2 Å². The molecule has 2 aromatic rings. The minimum atomic E-state index is -4.35. The second-order valence-electron chi connectivity index (χ2n) is 8.03. The largest absolute Gasteiger partial charge is 0.398 e. The number of thioether (sulfide) groups is 1. The van der Waals surface area contributed by atoms with E-state index in [9.17, 15) is 31.5 Å². The zero-order chi connectivity index (χ0) is 27.2. The number of halogens is 6. The van der Waals surface area contributed by atoms with Crippen LogP contribution in [0.5, 0.6) is 0 Å². The van der Waals surface area contributed by atoms with E-state index in [0.29, 0.717) is 28.8 Å². The van der Waals surface area contributed by atoms with Crippen LogP contribution in [0.4, 0.5) is 27.8 Å².